The van der Waals surface area contributed by atoms with Crippen LogP contribution in [0.3, 0.4) is 0 Å². The van der Waals surface area contributed by atoms with Crippen molar-refractivity contribution in [1.82, 2.24) is 19.7 Å². The molecule has 4 aromatic rings. The van der Waals surface area contributed by atoms with E-state index >= 15 is 0 Å². The van der Waals surface area contributed by atoms with Gasteiger partial charge in [-0.15, -0.1) is 10.2 Å². The van der Waals surface area contributed by atoms with Gasteiger partial charge < -0.3 is 10.1 Å². The SMILES string of the molecule is CC(=O)Nc1ccc(S(=O)(=O)Nc2ccc(Oc3ccc(-n4ccnc4C)nn3)cc2)c(C)c1. The normalized spacial score (nSPS) is 11.1. The van der Waals surface area contributed by atoms with Gasteiger partial charge in [0.1, 0.15) is 11.6 Å². The fourth-order valence-corrected chi connectivity index (χ4v) is 4.56. The molecule has 2 aromatic carbocycles. The van der Waals surface area contributed by atoms with E-state index in [1.807, 2.05) is 6.92 Å². The van der Waals surface area contributed by atoms with Crippen LogP contribution in [0.25, 0.3) is 5.82 Å². The van der Waals surface area contributed by atoms with Crippen molar-refractivity contribution in [1.29, 1.82) is 0 Å². The van der Waals surface area contributed by atoms with Crippen LogP contribution in [0, 0.1) is 13.8 Å². The summed E-state index contributed by atoms with van der Waals surface area (Å²) in [4.78, 5) is 15.5. The predicted molar refractivity (Wildman–Crippen MR) is 127 cm³/mol. The number of carbonyl (C=O) groups is 1. The molecule has 0 aliphatic heterocycles. The molecule has 2 aromatic heterocycles. The first-order valence-corrected chi connectivity index (χ1v) is 11.7. The number of anilines is 2. The van der Waals surface area contributed by atoms with Gasteiger partial charge in [-0.3, -0.25) is 14.1 Å². The Balaban J connectivity index is 1.43. The van der Waals surface area contributed by atoms with Gasteiger partial charge in [0.25, 0.3) is 10.0 Å². The molecule has 0 unspecified atom stereocenters. The Morgan fingerprint density at radius 1 is 0.971 bits per heavy atom. The van der Waals surface area contributed by atoms with Crippen LogP contribution < -0.4 is 14.8 Å². The Kier molecular flexibility index (Phi) is 6.28. The van der Waals surface area contributed by atoms with Gasteiger partial charge in [-0.2, -0.15) is 0 Å². The number of carbonyl (C=O) groups excluding carboxylic acids is 1. The molecule has 0 fully saturated rings. The number of hydrogen-bond donors (Lipinski definition) is 2. The summed E-state index contributed by atoms with van der Waals surface area (Å²) in [6.45, 7) is 4.92. The molecule has 1 amide bonds. The van der Waals surface area contributed by atoms with Crippen molar-refractivity contribution in [2.24, 2.45) is 0 Å². The maximum Gasteiger partial charge on any atom is 0.262 e. The molecule has 34 heavy (non-hydrogen) atoms. The monoisotopic (exact) mass is 478 g/mol. The number of nitrogens with zero attached hydrogens (tertiary/aromatic N) is 4. The summed E-state index contributed by atoms with van der Waals surface area (Å²) >= 11 is 0. The van der Waals surface area contributed by atoms with Crippen molar-refractivity contribution in [3.05, 3.63) is 78.4 Å². The van der Waals surface area contributed by atoms with Crippen LogP contribution in [-0.2, 0) is 14.8 Å². The van der Waals surface area contributed by atoms with E-state index in [9.17, 15) is 13.2 Å². The highest BCUT2D eigenvalue weighted by Crippen LogP contribution is 2.25. The average molecular weight is 479 g/mol. The minimum Gasteiger partial charge on any atom is -0.438 e. The second-order valence-corrected chi connectivity index (χ2v) is 9.12. The first-order valence-electron chi connectivity index (χ1n) is 10.2. The average Bonchev–Trinajstić information content (AvgIpc) is 3.21. The largest absolute Gasteiger partial charge is 0.438 e. The lowest BCUT2D eigenvalue weighted by Gasteiger charge is -2.12. The van der Waals surface area contributed by atoms with Crippen LogP contribution in [0.1, 0.15) is 18.3 Å². The first kappa shape index (κ1) is 22.9. The first-order chi connectivity index (χ1) is 16.2. The number of benzene rings is 2. The highest BCUT2D eigenvalue weighted by atomic mass is 32.2. The molecule has 0 aliphatic carbocycles. The van der Waals surface area contributed by atoms with E-state index in [0.717, 1.165) is 5.82 Å². The van der Waals surface area contributed by atoms with Gasteiger partial charge in [0.2, 0.25) is 11.8 Å². The van der Waals surface area contributed by atoms with Gasteiger partial charge in [0.05, 0.1) is 4.90 Å². The third kappa shape index (κ3) is 5.21. The fourth-order valence-electron chi connectivity index (χ4n) is 3.27. The zero-order valence-electron chi connectivity index (χ0n) is 18.7. The number of nitrogens with one attached hydrogen (secondary N) is 2. The molecular weight excluding hydrogens is 456 g/mol. The van der Waals surface area contributed by atoms with E-state index in [1.54, 1.807) is 72.4 Å². The number of ether oxygens (including phenoxy) is 1. The minimum atomic E-state index is -3.82. The van der Waals surface area contributed by atoms with E-state index in [2.05, 4.69) is 25.2 Å². The standard InChI is InChI=1S/C23H22N6O4S/c1-15-14-19(25-17(3)30)6-9-21(15)34(31,32)28-18-4-7-20(8-5-18)33-23-11-10-22(26-27-23)29-13-12-24-16(29)2/h4-14,28H,1-3H3,(H,25,30). The van der Waals surface area contributed by atoms with Gasteiger partial charge >= 0.3 is 0 Å². The fraction of sp³-hybridized carbons (Fsp3) is 0.130. The van der Waals surface area contributed by atoms with Gasteiger partial charge in [-0.1, -0.05) is 0 Å². The Morgan fingerprint density at radius 2 is 1.71 bits per heavy atom. The molecule has 0 saturated heterocycles. The molecular formula is C23H22N6O4S. The van der Waals surface area contributed by atoms with Gasteiger partial charge in [-0.05, 0) is 67.9 Å². The molecule has 11 heteroatoms. The van der Waals surface area contributed by atoms with Crippen molar-refractivity contribution in [2.75, 3.05) is 10.0 Å². The van der Waals surface area contributed by atoms with Gasteiger partial charge in [0.15, 0.2) is 5.82 Å². The number of aromatic nitrogens is 4. The molecule has 2 N–H and O–H groups in total. The topological polar surface area (TPSA) is 128 Å². The molecule has 10 nitrogen and oxygen atoms in total. The lowest BCUT2D eigenvalue weighted by Crippen LogP contribution is -2.14. The summed E-state index contributed by atoms with van der Waals surface area (Å²) in [6, 6.07) is 14.5. The van der Waals surface area contributed by atoms with Crippen molar-refractivity contribution in [2.45, 2.75) is 25.7 Å². The number of rotatable bonds is 7. The smallest absolute Gasteiger partial charge is 0.262 e. The number of amides is 1. The van der Waals surface area contributed by atoms with Crippen LogP contribution in [0.4, 0.5) is 11.4 Å². The Bertz CT molecular complexity index is 1430. The van der Waals surface area contributed by atoms with Gasteiger partial charge in [-0.25, -0.2) is 13.4 Å². The lowest BCUT2D eigenvalue weighted by molar-refractivity contribution is -0.114. The second kappa shape index (κ2) is 9.32. The van der Waals surface area contributed by atoms with Gasteiger partial charge in [0, 0.05) is 36.8 Å². The predicted octanol–water partition coefficient (Wildman–Crippen LogP) is 3.83. The highest BCUT2D eigenvalue weighted by Gasteiger charge is 2.17. The molecule has 0 aliphatic rings. The second-order valence-electron chi connectivity index (χ2n) is 7.47. The Morgan fingerprint density at radius 3 is 2.29 bits per heavy atom. The van der Waals surface area contributed by atoms with Crippen LogP contribution in [0.15, 0.2) is 71.9 Å². The minimum absolute atomic E-state index is 0.116. The maximum absolute atomic E-state index is 12.8. The number of aryl methyl sites for hydroxylation is 2. The summed E-state index contributed by atoms with van der Waals surface area (Å²) in [5.41, 5.74) is 1.41. The summed E-state index contributed by atoms with van der Waals surface area (Å²) in [5, 5.41) is 10.8. The zero-order chi connectivity index (χ0) is 24.3. The molecule has 4 rings (SSSR count). The maximum atomic E-state index is 12.8. The van der Waals surface area contributed by atoms with E-state index < -0.39 is 10.0 Å². The van der Waals surface area contributed by atoms with Crippen molar-refractivity contribution >= 4 is 27.3 Å². The molecule has 0 radical (unpaired) electrons. The molecule has 0 saturated carbocycles. The number of hydrogen-bond acceptors (Lipinski definition) is 7. The van der Waals surface area contributed by atoms with E-state index in [0.29, 0.717) is 34.4 Å². The van der Waals surface area contributed by atoms with Crippen LogP contribution >= 0.6 is 0 Å². The molecule has 0 bridgehead atoms. The Hall–Kier alpha value is -4.25. The third-order valence-electron chi connectivity index (χ3n) is 4.81. The molecule has 0 spiro atoms. The van der Waals surface area contributed by atoms with E-state index in [4.69, 9.17) is 4.74 Å². The quantitative estimate of drug-likeness (QED) is 0.413. The van der Waals surface area contributed by atoms with Crippen LogP contribution in [0.5, 0.6) is 11.6 Å². The van der Waals surface area contributed by atoms with Crippen molar-refractivity contribution in [3.8, 4) is 17.4 Å². The lowest BCUT2D eigenvalue weighted by atomic mass is 10.2. The zero-order valence-corrected chi connectivity index (χ0v) is 19.5. The highest BCUT2D eigenvalue weighted by molar-refractivity contribution is 7.92. The summed E-state index contributed by atoms with van der Waals surface area (Å²) in [7, 11) is -3.82. The van der Waals surface area contributed by atoms with E-state index in [-0.39, 0.29) is 10.8 Å². The number of imidazole rings is 1. The summed E-state index contributed by atoms with van der Waals surface area (Å²) < 4.78 is 35.7. The van der Waals surface area contributed by atoms with Crippen LogP contribution in [-0.4, -0.2) is 34.1 Å². The summed E-state index contributed by atoms with van der Waals surface area (Å²) in [6.07, 6.45) is 3.47. The van der Waals surface area contributed by atoms with Crippen molar-refractivity contribution < 1.29 is 17.9 Å². The molecule has 0 atom stereocenters. The molecule has 174 valence electrons. The van der Waals surface area contributed by atoms with Crippen molar-refractivity contribution in [3.63, 3.8) is 0 Å². The van der Waals surface area contributed by atoms with Crippen LogP contribution in [0.2, 0.25) is 0 Å². The number of sulfonamides is 1. The molecule has 2 heterocycles. The Labute approximate surface area is 196 Å². The summed E-state index contributed by atoms with van der Waals surface area (Å²) in [5.74, 6) is 1.95. The van der Waals surface area contributed by atoms with E-state index in [1.165, 1.54) is 13.0 Å². The third-order valence-corrected chi connectivity index (χ3v) is 6.35.